The van der Waals surface area contributed by atoms with Gasteiger partial charge in [-0.05, 0) is 24.1 Å². The van der Waals surface area contributed by atoms with Crippen LogP contribution in [0.1, 0.15) is 23.7 Å². The van der Waals surface area contributed by atoms with Crippen molar-refractivity contribution in [3.63, 3.8) is 0 Å². The molecule has 1 atom stereocenters. The zero-order chi connectivity index (χ0) is 10.6. The Morgan fingerprint density at radius 3 is 3.00 bits per heavy atom. The molecule has 0 saturated heterocycles. The van der Waals surface area contributed by atoms with Gasteiger partial charge in [0, 0.05) is 6.54 Å². The summed E-state index contributed by atoms with van der Waals surface area (Å²) in [7, 11) is 0. The van der Waals surface area contributed by atoms with Gasteiger partial charge in [0.1, 0.15) is 0 Å². The number of hydrogen-bond acceptors (Lipinski definition) is 3. The van der Waals surface area contributed by atoms with Gasteiger partial charge in [0.2, 0.25) is 5.22 Å². The summed E-state index contributed by atoms with van der Waals surface area (Å²) in [6, 6.07) is 1.48. The smallest absolute Gasteiger partial charge is 0.256 e. The normalized spacial score (nSPS) is 12.5. The van der Waals surface area contributed by atoms with E-state index in [1.165, 1.54) is 12.3 Å². The molecule has 5 heteroatoms. The molecule has 1 rings (SSSR count). The van der Waals surface area contributed by atoms with Crippen LogP contribution in [0.25, 0.3) is 0 Å². The van der Waals surface area contributed by atoms with E-state index in [1.807, 2.05) is 6.92 Å². The van der Waals surface area contributed by atoms with Crippen LogP contribution < -0.4 is 5.32 Å². The van der Waals surface area contributed by atoms with Gasteiger partial charge in [-0.15, -0.1) is 0 Å². The predicted octanol–water partition coefficient (Wildman–Crippen LogP) is 1.43. The minimum absolute atomic E-state index is 0.0634. The third kappa shape index (κ3) is 2.75. The van der Waals surface area contributed by atoms with Crippen molar-refractivity contribution in [3.8, 4) is 0 Å². The second-order valence-electron chi connectivity index (χ2n) is 2.88. The predicted molar refractivity (Wildman–Crippen MR) is 52.3 cm³/mol. The highest BCUT2D eigenvalue weighted by atomic mass is 35.5. The summed E-state index contributed by atoms with van der Waals surface area (Å²) in [5.74, 6) is -0.337. The molecule has 0 bridgehead atoms. The van der Waals surface area contributed by atoms with E-state index in [0.717, 1.165) is 0 Å². The zero-order valence-electron chi connectivity index (χ0n) is 7.79. The molecule has 1 unspecified atom stereocenters. The first kappa shape index (κ1) is 11.1. The average Bonchev–Trinajstić information content (AvgIpc) is 2.60. The number of rotatable bonds is 4. The number of furan rings is 1. The zero-order valence-corrected chi connectivity index (χ0v) is 8.54. The fourth-order valence-corrected chi connectivity index (χ4v) is 1.11. The molecular formula is C9H12ClNO3. The van der Waals surface area contributed by atoms with Crippen molar-refractivity contribution in [2.45, 2.75) is 19.4 Å². The van der Waals surface area contributed by atoms with Crippen molar-refractivity contribution in [3.05, 3.63) is 23.1 Å². The lowest BCUT2D eigenvalue weighted by Crippen LogP contribution is -2.31. The van der Waals surface area contributed by atoms with Crippen molar-refractivity contribution >= 4 is 17.5 Å². The van der Waals surface area contributed by atoms with Gasteiger partial charge in [0.15, 0.2) is 0 Å². The van der Waals surface area contributed by atoms with E-state index in [0.29, 0.717) is 6.42 Å². The summed E-state index contributed by atoms with van der Waals surface area (Å²) in [6.45, 7) is 2.05. The van der Waals surface area contributed by atoms with E-state index in [2.05, 4.69) is 5.32 Å². The van der Waals surface area contributed by atoms with Gasteiger partial charge >= 0.3 is 0 Å². The Morgan fingerprint density at radius 2 is 2.50 bits per heavy atom. The quantitative estimate of drug-likeness (QED) is 0.802. The molecule has 78 valence electrons. The lowest BCUT2D eigenvalue weighted by Gasteiger charge is -2.08. The number of nitrogens with one attached hydrogen (secondary N) is 1. The topological polar surface area (TPSA) is 62.5 Å². The van der Waals surface area contributed by atoms with Gasteiger partial charge in [0.05, 0.1) is 17.9 Å². The van der Waals surface area contributed by atoms with Gasteiger partial charge in [-0.1, -0.05) is 6.92 Å². The molecule has 4 nitrogen and oxygen atoms in total. The SMILES string of the molecule is CCC(O)CNC(=O)c1ccoc1Cl. The van der Waals surface area contributed by atoms with Crippen molar-refractivity contribution < 1.29 is 14.3 Å². The molecule has 0 saturated carbocycles. The van der Waals surface area contributed by atoms with Crippen molar-refractivity contribution in [1.29, 1.82) is 0 Å². The van der Waals surface area contributed by atoms with E-state index >= 15 is 0 Å². The summed E-state index contributed by atoms with van der Waals surface area (Å²) in [5, 5.41) is 11.8. The molecule has 1 amide bonds. The molecule has 1 aromatic rings. The van der Waals surface area contributed by atoms with Crippen LogP contribution in [-0.4, -0.2) is 23.7 Å². The van der Waals surface area contributed by atoms with E-state index in [-0.39, 0.29) is 23.2 Å². The molecule has 0 aromatic carbocycles. The van der Waals surface area contributed by atoms with Gasteiger partial charge in [-0.3, -0.25) is 4.79 Å². The number of carbonyl (C=O) groups excluding carboxylic acids is 1. The maximum atomic E-state index is 11.4. The highest BCUT2D eigenvalue weighted by Crippen LogP contribution is 2.15. The van der Waals surface area contributed by atoms with E-state index in [9.17, 15) is 9.90 Å². The van der Waals surface area contributed by atoms with Crippen molar-refractivity contribution in [1.82, 2.24) is 5.32 Å². The summed E-state index contributed by atoms with van der Waals surface area (Å²) >= 11 is 5.59. The molecule has 0 aliphatic heterocycles. The fourth-order valence-electron chi connectivity index (χ4n) is 0.906. The maximum Gasteiger partial charge on any atom is 0.256 e. The van der Waals surface area contributed by atoms with Crippen LogP contribution >= 0.6 is 11.6 Å². The highest BCUT2D eigenvalue weighted by Gasteiger charge is 2.13. The first-order valence-electron chi connectivity index (χ1n) is 4.34. The van der Waals surface area contributed by atoms with Gasteiger partial charge in [0.25, 0.3) is 5.91 Å². The largest absolute Gasteiger partial charge is 0.452 e. The molecular weight excluding hydrogens is 206 g/mol. The van der Waals surface area contributed by atoms with Crippen LogP contribution in [0.5, 0.6) is 0 Å². The standard InChI is InChI=1S/C9H12ClNO3/c1-2-6(12)5-11-9(13)7-3-4-14-8(7)10/h3-4,6,12H,2,5H2,1H3,(H,11,13). The van der Waals surface area contributed by atoms with Crippen LogP contribution in [0.3, 0.4) is 0 Å². The number of aliphatic hydroxyl groups excluding tert-OH is 1. The molecule has 0 aliphatic carbocycles. The second-order valence-corrected chi connectivity index (χ2v) is 3.22. The summed E-state index contributed by atoms with van der Waals surface area (Å²) in [5.41, 5.74) is 0.287. The number of hydrogen-bond donors (Lipinski definition) is 2. The Bertz CT molecular complexity index is 311. The Hall–Kier alpha value is -1.00. The number of carbonyl (C=O) groups is 1. The second kappa shape index (κ2) is 5.02. The van der Waals surface area contributed by atoms with Gasteiger partial charge < -0.3 is 14.8 Å². The number of halogens is 1. The molecule has 1 heterocycles. The van der Waals surface area contributed by atoms with Gasteiger partial charge in [-0.2, -0.15) is 0 Å². The Labute approximate surface area is 86.9 Å². The first-order chi connectivity index (χ1) is 6.65. The minimum Gasteiger partial charge on any atom is -0.452 e. The van der Waals surface area contributed by atoms with E-state index < -0.39 is 6.10 Å². The average molecular weight is 218 g/mol. The van der Waals surface area contributed by atoms with Crippen molar-refractivity contribution in [2.24, 2.45) is 0 Å². The lowest BCUT2D eigenvalue weighted by atomic mass is 10.2. The minimum atomic E-state index is -0.523. The van der Waals surface area contributed by atoms with Crippen LogP contribution in [0.15, 0.2) is 16.7 Å². The molecule has 0 radical (unpaired) electrons. The summed E-state index contributed by atoms with van der Waals surface area (Å²) < 4.78 is 4.76. The van der Waals surface area contributed by atoms with Crippen molar-refractivity contribution in [2.75, 3.05) is 6.54 Å². The third-order valence-electron chi connectivity index (χ3n) is 1.83. The number of amides is 1. The highest BCUT2D eigenvalue weighted by molar-refractivity contribution is 6.32. The van der Waals surface area contributed by atoms with E-state index in [4.69, 9.17) is 16.0 Å². The van der Waals surface area contributed by atoms with Crippen LogP contribution in [0.4, 0.5) is 0 Å². The fraction of sp³-hybridized carbons (Fsp3) is 0.444. The third-order valence-corrected chi connectivity index (χ3v) is 2.12. The molecule has 1 aromatic heterocycles. The molecule has 0 fully saturated rings. The number of aliphatic hydroxyl groups is 1. The first-order valence-corrected chi connectivity index (χ1v) is 4.72. The van der Waals surface area contributed by atoms with Crippen LogP contribution in [0.2, 0.25) is 5.22 Å². The van der Waals surface area contributed by atoms with Crippen LogP contribution in [0, 0.1) is 0 Å². The molecule has 0 spiro atoms. The Morgan fingerprint density at radius 1 is 1.79 bits per heavy atom. The molecule has 14 heavy (non-hydrogen) atoms. The van der Waals surface area contributed by atoms with E-state index in [1.54, 1.807) is 0 Å². The van der Waals surface area contributed by atoms with Gasteiger partial charge in [-0.25, -0.2) is 0 Å². The maximum absolute atomic E-state index is 11.4. The molecule has 0 aliphatic rings. The summed E-state index contributed by atoms with van der Waals surface area (Å²) in [4.78, 5) is 11.4. The summed E-state index contributed by atoms with van der Waals surface area (Å²) in [6.07, 6.45) is 1.41. The van der Waals surface area contributed by atoms with Crippen LogP contribution in [-0.2, 0) is 0 Å². The Kier molecular flexibility index (Phi) is 3.98. The lowest BCUT2D eigenvalue weighted by molar-refractivity contribution is 0.0913. The molecule has 2 N–H and O–H groups in total. The monoisotopic (exact) mass is 217 g/mol. The Balaban J connectivity index is 2.47.